The highest BCUT2D eigenvalue weighted by Gasteiger charge is 2.15. The summed E-state index contributed by atoms with van der Waals surface area (Å²) in [6.07, 6.45) is 0. The maximum Gasteiger partial charge on any atom is 0.265 e. The van der Waals surface area contributed by atoms with Gasteiger partial charge < -0.3 is 10.1 Å². The molecule has 0 aliphatic rings. The molecular formula is C19H15NO3S. The van der Waals surface area contributed by atoms with Crippen LogP contribution in [0.25, 0.3) is 0 Å². The van der Waals surface area contributed by atoms with Gasteiger partial charge in [-0.1, -0.05) is 36.4 Å². The van der Waals surface area contributed by atoms with Crippen molar-refractivity contribution in [1.82, 2.24) is 0 Å². The molecule has 1 amide bonds. The molecule has 0 bridgehead atoms. The maximum atomic E-state index is 12.6. The number of methoxy groups -OCH3 is 1. The molecular weight excluding hydrogens is 322 g/mol. The zero-order chi connectivity index (χ0) is 16.9. The van der Waals surface area contributed by atoms with Crippen LogP contribution >= 0.6 is 11.3 Å². The van der Waals surface area contributed by atoms with Gasteiger partial charge in [0, 0.05) is 11.1 Å². The fourth-order valence-electron chi connectivity index (χ4n) is 2.29. The standard InChI is InChI=1S/C19H15NO3S/c1-23-16-10-9-14(18(21)13-6-3-2-4-7-13)12-15(16)20-19(22)17-8-5-11-24-17/h2-12H,1H3,(H,20,22). The van der Waals surface area contributed by atoms with Crippen molar-refractivity contribution in [3.63, 3.8) is 0 Å². The lowest BCUT2D eigenvalue weighted by atomic mass is 10.0. The molecule has 1 heterocycles. The van der Waals surface area contributed by atoms with Crippen LogP contribution in [0.1, 0.15) is 25.6 Å². The summed E-state index contributed by atoms with van der Waals surface area (Å²) < 4.78 is 5.28. The number of anilines is 1. The first kappa shape index (κ1) is 16.0. The van der Waals surface area contributed by atoms with E-state index in [0.29, 0.717) is 27.4 Å². The summed E-state index contributed by atoms with van der Waals surface area (Å²) in [7, 11) is 1.52. The van der Waals surface area contributed by atoms with Crippen molar-refractivity contribution >= 4 is 28.7 Å². The molecule has 0 unspecified atom stereocenters. The summed E-state index contributed by atoms with van der Waals surface area (Å²) in [6, 6.07) is 17.6. The van der Waals surface area contributed by atoms with Crippen molar-refractivity contribution in [1.29, 1.82) is 0 Å². The topological polar surface area (TPSA) is 55.4 Å². The number of hydrogen-bond donors (Lipinski definition) is 1. The van der Waals surface area contributed by atoms with Gasteiger partial charge in [-0.3, -0.25) is 9.59 Å². The molecule has 24 heavy (non-hydrogen) atoms. The van der Waals surface area contributed by atoms with Gasteiger partial charge in [0.25, 0.3) is 5.91 Å². The highest BCUT2D eigenvalue weighted by Crippen LogP contribution is 2.27. The fourth-order valence-corrected chi connectivity index (χ4v) is 2.91. The molecule has 120 valence electrons. The van der Waals surface area contributed by atoms with E-state index in [1.807, 2.05) is 29.6 Å². The van der Waals surface area contributed by atoms with Gasteiger partial charge in [-0.25, -0.2) is 0 Å². The largest absolute Gasteiger partial charge is 0.495 e. The second kappa shape index (κ2) is 7.10. The van der Waals surface area contributed by atoms with Crippen molar-refractivity contribution in [3.05, 3.63) is 82.0 Å². The van der Waals surface area contributed by atoms with Crippen LogP contribution in [0.3, 0.4) is 0 Å². The van der Waals surface area contributed by atoms with E-state index in [2.05, 4.69) is 5.32 Å². The number of carbonyl (C=O) groups excluding carboxylic acids is 2. The van der Waals surface area contributed by atoms with E-state index < -0.39 is 0 Å². The van der Waals surface area contributed by atoms with Gasteiger partial charge in [-0.15, -0.1) is 11.3 Å². The molecule has 0 aliphatic carbocycles. The van der Waals surface area contributed by atoms with Crippen LogP contribution in [0.2, 0.25) is 0 Å². The summed E-state index contributed by atoms with van der Waals surface area (Å²) in [5.41, 5.74) is 1.55. The predicted molar refractivity (Wildman–Crippen MR) is 95.1 cm³/mol. The number of rotatable bonds is 5. The normalized spacial score (nSPS) is 10.2. The number of ketones is 1. The predicted octanol–water partition coefficient (Wildman–Crippen LogP) is 4.24. The lowest BCUT2D eigenvalue weighted by Crippen LogP contribution is -2.12. The van der Waals surface area contributed by atoms with Gasteiger partial charge in [0.15, 0.2) is 5.78 Å². The third-order valence-electron chi connectivity index (χ3n) is 3.49. The second-order valence-electron chi connectivity index (χ2n) is 5.04. The molecule has 1 N–H and O–H groups in total. The molecule has 0 radical (unpaired) electrons. The Labute approximate surface area is 143 Å². The zero-order valence-electron chi connectivity index (χ0n) is 13.0. The van der Waals surface area contributed by atoms with Crippen molar-refractivity contribution in [2.24, 2.45) is 0 Å². The number of thiophene rings is 1. The molecule has 0 atom stereocenters. The number of nitrogens with one attached hydrogen (secondary N) is 1. The summed E-state index contributed by atoms with van der Waals surface area (Å²) in [5, 5.41) is 4.64. The Morgan fingerprint density at radius 2 is 1.75 bits per heavy atom. The molecule has 1 aromatic heterocycles. The molecule has 5 heteroatoms. The first-order valence-corrected chi connectivity index (χ1v) is 8.19. The van der Waals surface area contributed by atoms with Gasteiger partial charge in [0.1, 0.15) is 5.75 Å². The van der Waals surface area contributed by atoms with E-state index in [1.165, 1.54) is 18.4 Å². The Morgan fingerprint density at radius 1 is 0.958 bits per heavy atom. The van der Waals surface area contributed by atoms with Crippen LogP contribution < -0.4 is 10.1 Å². The minimum absolute atomic E-state index is 0.107. The highest BCUT2D eigenvalue weighted by molar-refractivity contribution is 7.12. The number of ether oxygens (including phenoxy) is 1. The maximum absolute atomic E-state index is 12.6. The third-order valence-corrected chi connectivity index (χ3v) is 4.36. The first-order chi connectivity index (χ1) is 11.7. The van der Waals surface area contributed by atoms with Crippen molar-refractivity contribution in [3.8, 4) is 5.75 Å². The van der Waals surface area contributed by atoms with Crippen LogP contribution in [0.15, 0.2) is 66.0 Å². The Balaban J connectivity index is 1.91. The summed E-state index contributed by atoms with van der Waals surface area (Å²) >= 11 is 1.35. The molecule has 0 saturated heterocycles. The average Bonchev–Trinajstić information content (AvgIpc) is 3.16. The Hall–Kier alpha value is -2.92. The Kier molecular flexibility index (Phi) is 4.72. The molecule has 0 spiro atoms. The van der Waals surface area contributed by atoms with Crippen LogP contribution in [0.5, 0.6) is 5.75 Å². The molecule has 4 nitrogen and oxygen atoms in total. The summed E-state index contributed by atoms with van der Waals surface area (Å²) in [4.78, 5) is 25.4. The van der Waals surface area contributed by atoms with Crippen LogP contribution in [-0.4, -0.2) is 18.8 Å². The van der Waals surface area contributed by atoms with E-state index in [9.17, 15) is 9.59 Å². The quantitative estimate of drug-likeness (QED) is 0.709. The fraction of sp³-hybridized carbons (Fsp3) is 0.0526. The minimum Gasteiger partial charge on any atom is -0.495 e. The number of hydrogen-bond acceptors (Lipinski definition) is 4. The zero-order valence-corrected chi connectivity index (χ0v) is 13.8. The van der Waals surface area contributed by atoms with Crippen LogP contribution in [-0.2, 0) is 0 Å². The molecule has 0 aliphatic heterocycles. The molecule has 2 aromatic carbocycles. The average molecular weight is 337 g/mol. The monoisotopic (exact) mass is 337 g/mol. The van der Waals surface area contributed by atoms with Gasteiger partial charge in [0.05, 0.1) is 17.7 Å². The van der Waals surface area contributed by atoms with Gasteiger partial charge in [0.2, 0.25) is 0 Å². The second-order valence-corrected chi connectivity index (χ2v) is 5.99. The van der Waals surface area contributed by atoms with E-state index in [4.69, 9.17) is 4.74 Å². The van der Waals surface area contributed by atoms with Gasteiger partial charge in [-0.2, -0.15) is 0 Å². The Bertz CT molecular complexity index is 858. The first-order valence-electron chi connectivity index (χ1n) is 7.31. The number of benzene rings is 2. The molecule has 0 saturated carbocycles. The van der Waals surface area contributed by atoms with Crippen LogP contribution in [0, 0.1) is 0 Å². The van der Waals surface area contributed by atoms with Crippen molar-refractivity contribution in [2.45, 2.75) is 0 Å². The number of amides is 1. The van der Waals surface area contributed by atoms with E-state index >= 15 is 0 Å². The highest BCUT2D eigenvalue weighted by atomic mass is 32.1. The van der Waals surface area contributed by atoms with Crippen LogP contribution in [0.4, 0.5) is 5.69 Å². The Morgan fingerprint density at radius 3 is 2.42 bits per heavy atom. The summed E-state index contributed by atoms with van der Waals surface area (Å²) in [5.74, 6) is 0.169. The smallest absolute Gasteiger partial charge is 0.265 e. The van der Waals surface area contributed by atoms with E-state index in [0.717, 1.165) is 0 Å². The SMILES string of the molecule is COc1ccc(C(=O)c2ccccc2)cc1NC(=O)c1cccs1. The van der Waals surface area contributed by atoms with Gasteiger partial charge >= 0.3 is 0 Å². The molecule has 3 rings (SSSR count). The lowest BCUT2D eigenvalue weighted by molar-refractivity contribution is 0.102. The number of carbonyl (C=O) groups is 2. The van der Waals surface area contributed by atoms with Crippen molar-refractivity contribution < 1.29 is 14.3 Å². The van der Waals surface area contributed by atoms with E-state index in [1.54, 1.807) is 36.4 Å². The lowest BCUT2D eigenvalue weighted by Gasteiger charge is -2.11. The van der Waals surface area contributed by atoms with Crippen molar-refractivity contribution in [2.75, 3.05) is 12.4 Å². The van der Waals surface area contributed by atoms with Gasteiger partial charge in [-0.05, 0) is 29.6 Å². The molecule has 0 fully saturated rings. The van der Waals surface area contributed by atoms with E-state index in [-0.39, 0.29) is 11.7 Å². The minimum atomic E-state index is -0.229. The summed E-state index contributed by atoms with van der Waals surface area (Å²) in [6.45, 7) is 0. The third kappa shape index (κ3) is 3.36. The molecule has 3 aromatic rings.